The monoisotopic (exact) mass is 256 g/mol. The minimum absolute atomic E-state index is 0.0114. The van der Waals surface area contributed by atoms with Crippen LogP contribution in [-0.4, -0.2) is 29.3 Å². The molecule has 0 radical (unpaired) electrons. The zero-order valence-corrected chi connectivity index (χ0v) is 9.75. The molecule has 0 bridgehead atoms. The summed E-state index contributed by atoms with van der Waals surface area (Å²) in [6.45, 7) is 1.61. The molecular weight excluding hydrogens is 241 g/mol. The third-order valence-corrected chi connectivity index (χ3v) is 3.30. The van der Waals surface area contributed by atoms with E-state index >= 15 is 0 Å². The van der Waals surface area contributed by atoms with Crippen molar-refractivity contribution in [2.45, 2.75) is 30.8 Å². The molecule has 16 heavy (non-hydrogen) atoms. The van der Waals surface area contributed by atoms with E-state index in [2.05, 4.69) is 5.32 Å². The molecule has 0 spiro atoms. The molecule has 0 aromatic carbocycles. The van der Waals surface area contributed by atoms with Crippen LogP contribution in [0.5, 0.6) is 0 Å². The van der Waals surface area contributed by atoms with Crippen LogP contribution in [0.4, 0.5) is 13.2 Å². The van der Waals surface area contributed by atoms with Gasteiger partial charge >= 0.3 is 5.51 Å². The highest BCUT2D eigenvalue weighted by atomic mass is 32.2. The van der Waals surface area contributed by atoms with Gasteiger partial charge in [-0.1, -0.05) is 0 Å². The van der Waals surface area contributed by atoms with Crippen molar-refractivity contribution in [3.63, 3.8) is 0 Å². The second kappa shape index (κ2) is 4.83. The van der Waals surface area contributed by atoms with E-state index in [1.807, 2.05) is 0 Å². The topological polar surface area (TPSA) is 55.1 Å². The molecule has 1 rings (SSSR count). The number of carbonyl (C=O) groups is 1. The molecule has 0 aromatic heterocycles. The maximum atomic E-state index is 11.8. The number of nitrogens with one attached hydrogen (secondary N) is 1. The molecule has 0 aromatic rings. The standard InChI is InChI=1S/C9H15F3N2OS/c1-8(13,6-2-3-6)7(15)14-4-5-16-9(10,11)12/h6H,2-5,13H2,1H3,(H,14,15). The SMILES string of the molecule is CC(N)(C(=O)NCCSC(F)(F)F)C1CC1. The predicted octanol–water partition coefficient (Wildman–Crippen LogP) is 1.48. The number of amides is 1. The molecule has 3 nitrogen and oxygen atoms in total. The van der Waals surface area contributed by atoms with Gasteiger partial charge in [-0.05, 0) is 37.4 Å². The van der Waals surface area contributed by atoms with E-state index in [0.29, 0.717) is 0 Å². The fourth-order valence-electron chi connectivity index (χ4n) is 1.39. The lowest BCUT2D eigenvalue weighted by atomic mass is 9.96. The first-order chi connectivity index (χ1) is 7.23. The highest BCUT2D eigenvalue weighted by Gasteiger charge is 2.43. The van der Waals surface area contributed by atoms with Gasteiger partial charge in [-0.3, -0.25) is 4.79 Å². The van der Waals surface area contributed by atoms with Crippen molar-refractivity contribution in [3.8, 4) is 0 Å². The van der Waals surface area contributed by atoms with E-state index < -0.39 is 11.0 Å². The maximum Gasteiger partial charge on any atom is 0.441 e. The number of thioether (sulfide) groups is 1. The summed E-state index contributed by atoms with van der Waals surface area (Å²) in [5.74, 6) is -0.378. The van der Waals surface area contributed by atoms with Gasteiger partial charge in [0.1, 0.15) is 0 Å². The second-order valence-corrected chi connectivity index (χ2v) is 5.27. The number of nitrogens with two attached hydrogens (primary N) is 1. The van der Waals surface area contributed by atoms with E-state index in [1.165, 1.54) is 0 Å². The Labute approximate surface area is 96.3 Å². The van der Waals surface area contributed by atoms with Gasteiger partial charge in [0.05, 0.1) is 5.54 Å². The van der Waals surface area contributed by atoms with Crippen LogP contribution in [0, 0.1) is 5.92 Å². The third kappa shape index (κ3) is 4.21. The van der Waals surface area contributed by atoms with Crippen molar-refractivity contribution in [3.05, 3.63) is 0 Å². The summed E-state index contributed by atoms with van der Waals surface area (Å²) in [4.78, 5) is 11.5. The smallest absolute Gasteiger partial charge is 0.354 e. The fourth-order valence-corrected chi connectivity index (χ4v) is 1.83. The van der Waals surface area contributed by atoms with Crippen LogP contribution in [0.2, 0.25) is 0 Å². The summed E-state index contributed by atoms with van der Waals surface area (Å²) in [7, 11) is 0. The largest absolute Gasteiger partial charge is 0.441 e. The molecule has 1 amide bonds. The zero-order valence-electron chi connectivity index (χ0n) is 8.93. The zero-order chi connectivity index (χ0) is 12.4. The number of carbonyl (C=O) groups excluding carboxylic acids is 1. The molecule has 1 aliphatic carbocycles. The molecule has 1 fully saturated rings. The molecule has 0 saturated heterocycles. The Morgan fingerprint density at radius 2 is 2.06 bits per heavy atom. The van der Waals surface area contributed by atoms with Crippen molar-refractivity contribution in [1.82, 2.24) is 5.32 Å². The Morgan fingerprint density at radius 3 is 2.50 bits per heavy atom. The molecule has 1 unspecified atom stereocenters. The average Bonchev–Trinajstić information content (AvgIpc) is 2.93. The van der Waals surface area contributed by atoms with Crippen molar-refractivity contribution >= 4 is 17.7 Å². The molecule has 0 aliphatic heterocycles. The molecule has 0 heterocycles. The number of hydrogen-bond donors (Lipinski definition) is 2. The number of hydrogen-bond acceptors (Lipinski definition) is 3. The summed E-state index contributed by atoms with van der Waals surface area (Å²) in [5.41, 5.74) is 0.608. The molecule has 1 aliphatic rings. The molecular formula is C9H15F3N2OS. The number of rotatable bonds is 5. The highest BCUT2D eigenvalue weighted by Crippen LogP contribution is 2.38. The lowest BCUT2D eigenvalue weighted by molar-refractivity contribution is -0.126. The lowest BCUT2D eigenvalue weighted by Gasteiger charge is -2.23. The van der Waals surface area contributed by atoms with Crippen LogP contribution >= 0.6 is 11.8 Å². The van der Waals surface area contributed by atoms with Gasteiger partial charge in [-0.15, -0.1) is 0 Å². The summed E-state index contributed by atoms with van der Waals surface area (Å²) in [6.07, 6.45) is 1.83. The molecule has 1 atom stereocenters. The molecule has 94 valence electrons. The Bertz CT molecular complexity index is 264. The Morgan fingerprint density at radius 1 is 1.50 bits per heavy atom. The molecule has 1 saturated carbocycles. The Kier molecular flexibility index (Phi) is 4.12. The summed E-state index contributed by atoms with van der Waals surface area (Å²) in [5, 5.41) is 2.43. The quantitative estimate of drug-likeness (QED) is 0.733. The van der Waals surface area contributed by atoms with Gasteiger partial charge in [-0.2, -0.15) is 13.2 Å². The van der Waals surface area contributed by atoms with Crippen LogP contribution in [-0.2, 0) is 4.79 Å². The average molecular weight is 256 g/mol. The van der Waals surface area contributed by atoms with Crippen molar-refractivity contribution in [2.75, 3.05) is 12.3 Å². The van der Waals surface area contributed by atoms with Crippen LogP contribution in [0.1, 0.15) is 19.8 Å². The first-order valence-corrected chi connectivity index (χ1v) is 6.00. The minimum atomic E-state index is -4.24. The van der Waals surface area contributed by atoms with Gasteiger partial charge in [0.2, 0.25) is 5.91 Å². The van der Waals surface area contributed by atoms with Crippen LogP contribution in [0.15, 0.2) is 0 Å². The van der Waals surface area contributed by atoms with Gasteiger partial charge in [0, 0.05) is 12.3 Å². The van der Waals surface area contributed by atoms with Gasteiger partial charge < -0.3 is 11.1 Å². The summed E-state index contributed by atoms with van der Waals surface area (Å²) >= 11 is -0.145. The normalized spacial score (nSPS) is 20.3. The van der Waals surface area contributed by atoms with E-state index in [9.17, 15) is 18.0 Å². The van der Waals surface area contributed by atoms with Gasteiger partial charge in [-0.25, -0.2) is 0 Å². The molecule has 7 heteroatoms. The summed E-state index contributed by atoms with van der Waals surface area (Å²) in [6, 6.07) is 0. The van der Waals surface area contributed by atoms with Crippen LogP contribution in [0.25, 0.3) is 0 Å². The Balaban J connectivity index is 2.20. The minimum Gasteiger partial charge on any atom is -0.354 e. The van der Waals surface area contributed by atoms with Crippen molar-refractivity contribution in [2.24, 2.45) is 11.7 Å². The first-order valence-electron chi connectivity index (χ1n) is 5.01. The highest BCUT2D eigenvalue weighted by molar-refractivity contribution is 8.00. The van der Waals surface area contributed by atoms with E-state index in [1.54, 1.807) is 6.92 Å². The van der Waals surface area contributed by atoms with Crippen LogP contribution in [0.3, 0.4) is 0 Å². The van der Waals surface area contributed by atoms with Crippen molar-refractivity contribution in [1.29, 1.82) is 0 Å². The van der Waals surface area contributed by atoms with E-state index in [0.717, 1.165) is 12.8 Å². The summed E-state index contributed by atoms with van der Waals surface area (Å²) < 4.78 is 35.3. The Hall–Kier alpha value is -0.430. The van der Waals surface area contributed by atoms with E-state index in [-0.39, 0.29) is 35.9 Å². The van der Waals surface area contributed by atoms with E-state index in [4.69, 9.17) is 5.73 Å². The van der Waals surface area contributed by atoms with Gasteiger partial charge in [0.25, 0.3) is 0 Å². The fraction of sp³-hybridized carbons (Fsp3) is 0.889. The lowest BCUT2D eigenvalue weighted by Crippen LogP contribution is -2.53. The van der Waals surface area contributed by atoms with Crippen molar-refractivity contribution < 1.29 is 18.0 Å². The molecule has 3 N–H and O–H groups in total. The maximum absolute atomic E-state index is 11.8. The predicted molar refractivity (Wildman–Crippen MR) is 56.8 cm³/mol. The van der Waals surface area contributed by atoms with Gasteiger partial charge in [0.15, 0.2) is 0 Å². The number of alkyl halides is 3. The second-order valence-electron chi connectivity index (χ2n) is 4.11. The third-order valence-electron chi connectivity index (χ3n) is 2.57. The number of halogens is 3. The van der Waals surface area contributed by atoms with Crippen LogP contribution < -0.4 is 11.1 Å². The first kappa shape index (κ1) is 13.6.